The lowest BCUT2D eigenvalue weighted by molar-refractivity contribution is -0.133. The van der Waals surface area contributed by atoms with Gasteiger partial charge in [-0.3, -0.25) is 4.79 Å². The quantitative estimate of drug-likeness (QED) is 0.922. The summed E-state index contributed by atoms with van der Waals surface area (Å²) in [6.07, 6.45) is 4.04. The van der Waals surface area contributed by atoms with E-state index in [1.807, 2.05) is 47.4 Å². The van der Waals surface area contributed by atoms with Gasteiger partial charge in [-0.15, -0.1) is 0 Å². The van der Waals surface area contributed by atoms with Crippen LogP contribution in [0.1, 0.15) is 36.7 Å². The Morgan fingerprint density at radius 1 is 1.17 bits per heavy atom. The number of benzene rings is 1. The second-order valence-electron chi connectivity index (χ2n) is 6.15. The van der Waals surface area contributed by atoms with Gasteiger partial charge in [0.15, 0.2) is 0 Å². The molecule has 0 bridgehead atoms. The van der Waals surface area contributed by atoms with Crippen molar-refractivity contribution >= 4 is 5.91 Å². The SMILES string of the molecule is O=C(CCc1ccco1)N1CCC(C(O)c2ccccc2)CC1. The van der Waals surface area contributed by atoms with Crippen LogP contribution >= 0.6 is 0 Å². The Morgan fingerprint density at radius 2 is 1.91 bits per heavy atom. The van der Waals surface area contributed by atoms with Crippen LogP contribution in [-0.2, 0) is 11.2 Å². The number of piperidine rings is 1. The first-order chi connectivity index (χ1) is 11.2. The van der Waals surface area contributed by atoms with E-state index >= 15 is 0 Å². The van der Waals surface area contributed by atoms with Gasteiger partial charge in [-0.05, 0) is 36.5 Å². The number of aliphatic hydroxyl groups is 1. The first-order valence-electron chi connectivity index (χ1n) is 8.27. The minimum Gasteiger partial charge on any atom is -0.469 e. The van der Waals surface area contributed by atoms with Crippen molar-refractivity contribution in [1.29, 1.82) is 0 Å². The normalized spacial score (nSPS) is 17.2. The van der Waals surface area contributed by atoms with E-state index in [9.17, 15) is 9.90 Å². The molecule has 1 saturated heterocycles. The molecule has 0 saturated carbocycles. The molecule has 122 valence electrons. The maximum absolute atomic E-state index is 12.3. The average Bonchev–Trinajstić information content (AvgIpc) is 3.13. The zero-order chi connectivity index (χ0) is 16.1. The van der Waals surface area contributed by atoms with Crippen LogP contribution in [0.5, 0.6) is 0 Å². The van der Waals surface area contributed by atoms with Crippen LogP contribution in [0.25, 0.3) is 0 Å². The van der Waals surface area contributed by atoms with E-state index in [0.29, 0.717) is 12.8 Å². The number of amides is 1. The lowest BCUT2D eigenvalue weighted by atomic mass is 9.87. The van der Waals surface area contributed by atoms with Crippen molar-refractivity contribution in [2.45, 2.75) is 31.8 Å². The molecule has 1 atom stereocenters. The first kappa shape index (κ1) is 15.8. The van der Waals surface area contributed by atoms with Crippen LogP contribution < -0.4 is 0 Å². The second kappa shape index (κ2) is 7.47. The molecule has 1 aliphatic rings. The van der Waals surface area contributed by atoms with Crippen LogP contribution in [0.4, 0.5) is 0 Å². The molecule has 2 aromatic rings. The van der Waals surface area contributed by atoms with Crippen molar-refractivity contribution in [3.05, 3.63) is 60.1 Å². The van der Waals surface area contributed by atoms with E-state index in [-0.39, 0.29) is 11.8 Å². The monoisotopic (exact) mass is 313 g/mol. The molecule has 4 heteroatoms. The van der Waals surface area contributed by atoms with E-state index in [4.69, 9.17) is 4.42 Å². The number of aliphatic hydroxyl groups excluding tert-OH is 1. The summed E-state index contributed by atoms with van der Waals surface area (Å²) in [6.45, 7) is 1.46. The number of furan rings is 1. The highest BCUT2D eigenvalue weighted by Gasteiger charge is 2.28. The fourth-order valence-electron chi connectivity index (χ4n) is 3.23. The van der Waals surface area contributed by atoms with E-state index in [1.165, 1.54) is 0 Å². The summed E-state index contributed by atoms with van der Waals surface area (Å²) in [4.78, 5) is 14.2. The van der Waals surface area contributed by atoms with Crippen LogP contribution in [-0.4, -0.2) is 29.0 Å². The minimum atomic E-state index is -0.434. The Labute approximate surface area is 136 Å². The van der Waals surface area contributed by atoms with Crippen molar-refractivity contribution in [1.82, 2.24) is 4.90 Å². The summed E-state index contributed by atoms with van der Waals surface area (Å²) in [6, 6.07) is 13.5. The summed E-state index contributed by atoms with van der Waals surface area (Å²) in [5.41, 5.74) is 0.968. The van der Waals surface area contributed by atoms with Gasteiger partial charge in [-0.2, -0.15) is 0 Å². The molecule has 4 nitrogen and oxygen atoms in total. The molecule has 3 rings (SSSR count). The molecule has 0 spiro atoms. The van der Waals surface area contributed by atoms with Gasteiger partial charge >= 0.3 is 0 Å². The number of carbonyl (C=O) groups is 1. The van der Waals surface area contributed by atoms with Crippen molar-refractivity contribution in [3.8, 4) is 0 Å². The topological polar surface area (TPSA) is 53.7 Å². The third kappa shape index (κ3) is 4.02. The van der Waals surface area contributed by atoms with Gasteiger partial charge in [0.1, 0.15) is 5.76 Å². The standard InChI is InChI=1S/C19H23NO3/c21-18(9-8-17-7-4-14-23-17)20-12-10-16(11-13-20)19(22)15-5-2-1-3-6-15/h1-7,14,16,19,22H,8-13H2. The smallest absolute Gasteiger partial charge is 0.223 e. The van der Waals surface area contributed by atoms with E-state index in [1.54, 1.807) is 6.26 Å². The van der Waals surface area contributed by atoms with Crippen LogP contribution in [0.2, 0.25) is 0 Å². The maximum Gasteiger partial charge on any atom is 0.223 e. The number of hydrogen-bond donors (Lipinski definition) is 1. The van der Waals surface area contributed by atoms with Crippen LogP contribution in [0.15, 0.2) is 53.1 Å². The van der Waals surface area contributed by atoms with E-state index < -0.39 is 6.10 Å². The third-order valence-electron chi connectivity index (χ3n) is 4.65. The fraction of sp³-hybridized carbons (Fsp3) is 0.421. The zero-order valence-corrected chi connectivity index (χ0v) is 13.2. The first-order valence-corrected chi connectivity index (χ1v) is 8.27. The van der Waals surface area contributed by atoms with Crippen molar-refractivity contribution in [3.63, 3.8) is 0 Å². The molecule has 1 aromatic carbocycles. The molecule has 2 heterocycles. The summed E-state index contributed by atoms with van der Waals surface area (Å²) in [7, 11) is 0. The second-order valence-corrected chi connectivity index (χ2v) is 6.15. The summed E-state index contributed by atoms with van der Waals surface area (Å²) in [5, 5.41) is 10.5. The number of aryl methyl sites for hydroxylation is 1. The highest BCUT2D eigenvalue weighted by atomic mass is 16.3. The van der Waals surface area contributed by atoms with Gasteiger partial charge in [0.05, 0.1) is 12.4 Å². The summed E-state index contributed by atoms with van der Waals surface area (Å²) < 4.78 is 5.26. The lowest BCUT2D eigenvalue weighted by Gasteiger charge is -2.34. The predicted molar refractivity (Wildman–Crippen MR) is 87.7 cm³/mol. The van der Waals surface area contributed by atoms with Gasteiger partial charge < -0.3 is 14.4 Å². The average molecular weight is 313 g/mol. The molecule has 0 radical (unpaired) electrons. The highest BCUT2D eigenvalue weighted by molar-refractivity contribution is 5.76. The van der Waals surface area contributed by atoms with Gasteiger partial charge in [0, 0.05) is 25.9 Å². The van der Waals surface area contributed by atoms with E-state index in [2.05, 4.69) is 0 Å². The third-order valence-corrected chi connectivity index (χ3v) is 4.65. The maximum atomic E-state index is 12.3. The molecule has 1 N–H and O–H groups in total. The van der Waals surface area contributed by atoms with E-state index in [0.717, 1.165) is 37.3 Å². The molecule has 23 heavy (non-hydrogen) atoms. The van der Waals surface area contributed by atoms with Gasteiger partial charge in [-0.1, -0.05) is 30.3 Å². The number of likely N-dealkylation sites (tertiary alicyclic amines) is 1. The van der Waals surface area contributed by atoms with Crippen LogP contribution in [0, 0.1) is 5.92 Å². The molecular weight excluding hydrogens is 290 g/mol. The number of hydrogen-bond acceptors (Lipinski definition) is 3. The highest BCUT2D eigenvalue weighted by Crippen LogP contribution is 2.30. The number of carbonyl (C=O) groups excluding carboxylic acids is 1. The predicted octanol–water partition coefficient (Wildman–Crippen LogP) is 3.18. The van der Waals surface area contributed by atoms with Crippen molar-refractivity contribution < 1.29 is 14.3 Å². The Balaban J connectivity index is 1.47. The lowest BCUT2D eigenvalue weighted by Crippen LogP contribution is -2.39. The summed E-state index contributed by atoms with van der Waals surface area (Å²) >= 11 is 0. The fourth-order valence-corrected chi connectivity index (χ4v) is 3.23. The van der Waals surface area contributed by atoms with Crippen molar-refractivity contribution in [2.75, 3.05) is 13.1 Å². The van der Waals surface area contributed by atoms with Gasteiger partial charge in [0.2, 0.25) is 5.91 Å². The molecule has 1 amide bonds. The zero-order valence-electron chi connectivity index (χ0n) is 13.2. The molecule has 1 fully saturated rings. The van der Waals surface area contributed by atoms with Crippen molar-refractivity contribution in [2.24, 2.45) is 5.92 Å². The Hall–Kier alpha value is -2.07. The molecular formula is C19H23NO3. The number of nitrogens with zero attached hydrogens (tertiary/aromatic N) is 1. The van der Waals surface area contributed by atoms with Crippen LogP contribution in [0.3, 0.4) is 0 Å². The Morgan fingerprint density at radius 3 is 2.57 bits per heavy atom. The van der Waals surface area contributed by atoms with Gasteiger partial charge in [0.25, 0.3) is 0 Å². The molecule has 1 aromatic heterocycles. The Kier molecular flexibility index (Phi) is 5.13. The molecule has 1 aliphatic heterocycles. The summed E-state index contributed by atoms with van der Waals surface area (Å²) in [5.74, 6) is 1.26. The molecule has 0 aliphatic carbocycles. The largest absolute Gasteiger partial charge is 0.469 e. The van der Waals surface area contributed by atoms with Gasteiger partial charge in [-0.25, -0.2) is 0 Å². The molecule has 1 unspecified atom stereocenters. The number of rotatable bonds is 5. The minimum absolute atomic E-state index is 0.175. The Bertz CT molecular complexity index is 601.